The van der Waals surface area contributed by atoms with Crippen molar-refractivity contribution in [3.8, 4) is 5.75 Å². The third-order valence-electron chi connectivity index (χ3n) is 3.15. The van der Waals surface area contributed by atoms with Crippen molar-refractivity contribution < 1.29 is 4.74 Å². The third kappa shape index (κ3) is 3.27. The second-order valence-electron chi connectivity index (χ2n) is 4.59. The van der Waals surface area contributed by atoms with Gasteiger partial charge in [-0.2, -0.15) is 0 Å². The zero-order chi connectivity index (χ0) is 14.5. The standard InChI is InChI=1S/C16H18N2OS/c1-18(13-6-4-3-5-7-13)11-12-8-9-14(16(17)20)15(10-12)19-2/h3-10H,11H2,1-2H3,(H2,17,20). The number of para-hydroxylation sites is 1. The smallest absolute Gasteiger partial charge is 0.129 e. The number of ether oxygens (including phenoxy) is 1. The van der Waals surface area contributed by atoms with Crippen LogP contribution in [0.15, 0.2) is 48.5 Å². The summed E-state index contributed by atoms with van der Waals surface area (Å²) in [4.78, 5) is 2.53. The first-order valence-electron chi connectivity index (χ1n) is 6.34. The molecule has 0 spiro atoms. The van der Waals surface area contributed by atoms with Gasteiger partial charge in [0, 0.05) is 19.3 Å². The van der Waals surface area contributed by atoms with Gasteiger partial charge in [-0.1, -0.05) is 36.5 Å². The summed E-state index contributed by atoms with van der Waals surface area (Å²) in [5.74, 6) is 0.719. The van der Waals surface area contributed by atoms with Crippen LogP contribution in [0.25, 0.3) is 0 Å². The van der Waals surface area contributed by atoms with Crippen molar-refractivity contribution in [3.63, 3.8) is 0 Å². The number of hydrogen-bond acceptors (Lipinski definition) is 3. The number of thiocarbonyl (C=S) groups is 1. The molecule has 0 heterocycles. The Balaban J connectivity index is 2.20. The molecule has 3 nitrogen and oxygen atoms in total. The highest BCUT2D eigenvalue weighted by atomic mass is 32.1. The molecule has 0 saturated heterocycles. The van der Waals surface area contributed by atoms with Crippen molar-refractivity contribution in [1.29, 1.82) is 0 Å². The summed E-state index contributed by atoms with van der Waals surface area (Å²) in [6.45, 7) is 0.790. The third-order valence-corrected chi connectivity index (χ3v) is 3.37. The number of hydrogen-bond donors (Lipinski definition) is 1. The summed E-state index contributed by atoms with van der Waals surface area (Å²) in [5, 5.41) is 0. The Kier molecular flexibility index (Phi) is 4.58. The van der Waals surface area contributed by atoms with Gasteiger partial charge in [0.15, 0.2) is 0 Å². The monoisotopic (exact) mass is 286 g/mol. The predicted octanol–water partition coefficient (Wildman–Crippen LogP) is 2.97. The topological polar surface area (TPSA) is 38.5 Å². The molecule has 2 aromatic rings. The minimum absolute atomic E-state index is 0.352. The van der Waals surface area contributed by atoms with Crippen LogP contribution in [0.4, 0.5) is 5.69 Å². The van der Waals surface area contributed by atoms with Crippen molar-refractivity contribution in [2.24, 2.45) is 5.73 Å². The molecule has 0 bridgehead atoms. The molecule has 0 aliphatic carbocycles. The van der Waals surface area contributed by atoms with Crippen LogP contribution < -0.4 is 15.4 Å². The Labute approximate surface area is 125 Å². The lowest BCUT2D eigenvalue weighted by Gasteiger charge is -2.20. The molecule has 2 N–H and O–H groups in total. The molecule has 0 unspecified atom stereocenters. The van der Waals surface area contributed by atoms with E-state index in [1.165, 1.54) is 5.69 Å². The molecule has 2 rings (SSSR count). The molecule has 0 radical (unpaired) electrons. The fourth-order valence-electron chi connectivity index (χ4n) is 2.09. The summed E-state index contributed by atoms with van der Waals surface area (Å²) < 4.78 is 5.35. The van der Waals surface area contributed by atoms with Crippen molar-refractivity contribution >= 4 is 22.9 Å². The van der Waals surface area contributed by atoms with E-state index < -0.39 is 0 Å². The lowest BCUT2D eigenvalue weighted by molar-refractivity contribution is 0.413. The van der Waals surface area contributed by atoms with Gasteiger partial charge in [0.05, 0.1) is 12.7 Å². The van der Waals surface area contributed by atoms with E-state index in [1.807, 2.05) is 36.4 Å². The Morgan fingerprint density at radius 1 is 1.20 bits per heavy atom. The molecular weight excluding hydrogens is 268 g/mol. The van der Waals surface area contributed by atoms with Crippen molar-refractivity contribution in [2.45, 2.75) is 6.54 Å². The van der Waals surface area contributed by atoms with Crippen LogP contribution in [0.2, 0.25) is 0 Å². The SMILES string of the molecule is COc1cc(CN(C)c2ccccc2)ccc1C(N)=S. The first-order valence-corrected chi connectivity index (χ1v) is 6.75. The minimum atomic E-state index is 0.352. The van der Waals surface area contributed by atoms with E-state index in [1.54, 1.807) is 7.11 Å². The second kappa shape index (κ2) is 6.39. The van der Waals surface area contributed by atoms with E-state index in [9.17, 15) is 0 Å². The first kappa shape index (κ1) is 14.3. The number of methoxy groups -OCH3 is 1. The number of anilines is 1. The normalized spacial score (nSPS) is 10.1. The van der Waals surface area contributed by atoms with Crippen LogP contribution in [0.1, 0.15) is 11.1 Å². The van der Waals surface area contributed by atoms with Gasteiger partial charge in [0.2, 0.25) is 0 Å². The van der Waals surface area contributed by atoms with Gasteiger partial charge in [-0.15, -0.1) is 0 Å². The number of rotatable bonds is 5. The van der Waals surface area contributed by atoms with E-state index >= 15 is 0 Å². The highest BCUT2D eigenvalue weighted by molar-refractivity contribution is 7.80. The highest BCUT2D eigenvalue weighted by Crippen LogP contribution is 2.22. The molecule has 2 aromatic carbocycles. The Morgan fingerprint density at radius 2 is 1.90 bits per heavy atom. The Hall–Kier alpha value is -2.07. The molecule has 0 amide bonds. The number of nitrogens with zero attached hydrogens (tertiary/aromatic N) is 1. The van der Waals surface area contributed by atoms with Crippen LogP contribution in [-0.4, -0.2) is 19.1 Å². The summed E-state index contributed by atoms with van der Waals surface area (Å²) in [5.41, 5.74) is 8.76. The van der Waals surface area contributed by atoms with E-state index in [0.717, 1.165) is 23.4 Å². The number of nitrogens with two attached hydrogens (primary N) is 1. The quantitative estimate of drug-likeness (QED) is 0.858. The first-order chi connectivity index (χ1) is 9.61. The zero-order valence-corrected chi connectivity index (χ0v) is 12.5. The summed E-state index contributed by atoms with van der Waals surface area (Å²) in [6.07, 6.45) is 0. The Morgan fingerprint density at radius 3 is 2.50 bits per heavy atom. The molecule has 4 heteroatoms. The maximum Gasteiger partial charge on any atom is 0.129 e. The molecule has 104 valence electrons. The molecule has 0 aromatic heterocycles. The van der Waals surface area contributed by atoms with E-state index in [-0.39, 0.29) is 0 Å². The van der Waals surface area contributed by atoms with Crippen molar-refractivity contribution in [3.05, 3.63) is 59.7 Å². The van der Waals surface area contributed by atoms with Crippen molar-refractivity contribution in [2.75, 3.05) is 19.1 Å². The maximum absolute atomic E-state index is 5.67. The minimum Gasteiger partial charge on any atom is -0.496 e. The van der Waals surface area contributed by atoms with Gasteiger partial charge in [0.1, 0.15) is 10.7 Å². The summed E-state index contributed by atoms with van der Waals surface area (Å²) in [6, 6.07) is 16.2. The predicted molar refractivity (Wildman–Crippen MR) is 87.4 cm³/mol. The van der Waals surface area contributed by atoms with Gasteiger partial charge in [-0.05, 0) is 29.8 Å². The van der Waals surface area contributed by atoms with Crippen LogP contribution in [-0.2, 0) is 6.54 Å². The highest BCUT2D eigenvalue weighted by Gasteiger charge is 2.08. The van der Waals surface area contributed by atoms with Crippen molar-refractivity contribution in [1.82, 2.24) is 0 Å². The molecule has 0 saturated carbocycles. The van der Waals surface area contributed by atoms with E-state index in [4.69, 9.17) is 22.7 Å². The average molecular weight is 286 g/mol. The lowest BCUT2D eigenvalue weighted by Crippen LogP contribution is -2.17. The summed E-state index contributed by atoms with van der Waals surface area (Å²) >= 11 is 5.01. The van der Waals surface area contributed by atoms with Gasteiger partial charge < -0.3 is 15.4 Å². The van der Waals surface area contributed by atoms with Crippen LogP contribution in [0, 0.1) is 0 Å². The molecule has 0 atom stereocenters. The second-order valence-corrected chi connectivity index (χ2v) is 5.03. The number of benzene rings is 2. The molecule has 0 aliphatic heterocycles. The van der Waals surface area contributed by atoms with Crippen LogP contribution in [0.5, 0.6) is 5.75 Å². The molecule has 0 fully saturated rings. The molecule has 20 heavy (non-hydrogen) atoms. The average Bonchev–Trinajstić information content (AvgIpc) is 2.47. The van der Waals surface area contributed by atoms with Gasteiger partial charge in [-0.25, -0.2) is 0 Å². The van der Waals surface area contributed by atoms with E-state index in [0.29, 0.717) is 4.99 Å². The van der Waals surface area contributed by atoms with Gasteiger partial charge in [-0.3, -0.25) is 0 Å². The maximum atomic E-state index is 5.67. The Bertz CT molecular complexity index is 599. The molecule has 0 aliphatic rings. The zero-order valence-electron chi connectivity index (χ0n) is 11.7. The summed E-state index contributed by atoms with van der Waals surface area (Å²) in [7, 11) is 3.69. The van der Waals surface area contributed by atoms with Crippen LogP contribution >= 0.6 is 12.2 Å². The van der Waals surface area contributed by atoms with Gasteiger partial charge in [0.25, 0.3) is 0 Å². The fraction of sp³-hybridized carbons (Fsp3) is 0.188. The van der Waals surface area contributed by atoms with Crippen LogP contribution in [0.3, 0.4) is 0 Å². The van der Waals surface area contributed by atoms with E-state index in [2.05, 4.69) is 24.1 Å². The lowest BCUT2D eigenvalue weighted by atomic mass is 10.1. The fourth-order valence-corrected chi connectivity index (χ4v) is 2.25. The van der Waals surface area contributed by atoms with Gasteiger partial charge >= 0.3 is 0 Å². The molecular formula is C16H18N2OS. The largest absolute Gasteiger partial charge is 0.496 e.